The molecule has 2 aromatic rings. The van der Waals surface area contributed by atoms with E-state index in [4.69, 9.17) is 10.3 Å². The minimum absolute atomic E-state index is 0.492. The fraction of sp³-hybridized carbons (Fsp3) is 0.143. The molecule has 5 heteroatoms. The molecule has 0 aliphatic carbocycles. The Hall–Kier alpha value is -1.78. The van der Waals surface area contributed by atoms with Gasteiger partial charge in [0.05, 0.1) is 17.5 Å². The van der Waals surface area contributed by atoms with Crippen molar-refractivity contribution in [1.29, 1.82) is 0 Å². The normalized spacial score (nSPS) is 10.4. The highest BCUT2D eigenvalue weighted by Gasteiger charge is 2.08. The maximum atomic E-state index is 5.58. The lowest BCUT2D eigenvalue weighted by molar-refractivity contribution is 0.427. The summed E-state index contributed by atoms with van der Waals surface area (Å²) >= 11 is 0. The quantitative estimate of drug-likeness (QED) is 0.657. The van der Waals surface area contributed by atoms with Crippen LogP contribution in [0.5, 0.6) is 0 Å². The van der Waals surface area contributed by atoms with Gasteiger partial charge in [0.2, 0.25) is 0 Å². The molecule has 2 aromatic heterocycles. The Morgan fingerprint density at radius 3 is 2.92 bits per heavy atom. The van der Waals surface area contributed by atoms with Gasteiger partial charge in [-0.15, -0.1) is 0 Å². The molecule has 0 bridgehead atoms. The summed E-state index contributed by atoms with van der Waals surface area (Å²) in [6, 6.07) is 1.81. The van der Waals surface area contributed by atoms with Crippen LogP contribution in [0.1, 0.15) is 5.69 Å². The fourth-order valence-corrected chi connectivity index (χ4v) is 0.983. The summed E-state index contributed by atoms with van der Waals surface area (Å²) in [5.41, 5.74) is 7.15. The Kier molecular flexibility index (Phi) is 1.36. The monoisotopic (exact) mass is 164 g/mol. The van der Waals surface area contributed by atoms with Crippen molar-refractivity contribution in [2.24, 2.45) is 0 Å². The molecule has 0 aromatic carbocycles. The first-order valence-electron chi connectivity index (χ1n) is 3.50. The van der Waals surface area contributed by atoms with E-state index in [1.165, 1.54) is 0 Å². The topological polar surface area (TPSA) is 80.7 Å². The summed E-state index contributed by atoms with van der Waals surface area (Å²) in [4.78, 5) is 0. The SMILES string of the molecule is Cc1cc(-c2cn[nH]c2N)on1. The molecule has 5 nitrogen and oxygen atoms in total. The second-order valence-corrected chi connectivity index (χ2v) is 2.53. The van der Waals surface area contributed by atoms with Gasteiger partial charge in [-0.3, -0.25) is 5.10 Å². The summed E-state index contributed by atoms with van der Waals surface area (Å²) in [5, 5.41) is 10.1. The number of nitrogens with two attached hydrogens (primary N) is 1. The Balaban J connectivity index is 2.50. The largest absolute Gasteiger partial charge is 0.383 e. The standard InChI is InChI=1S/C7H8N4O/c1-4-2-6(12-11-4)5-3-9-10-7(5)8/h2-3H,1H3,(H3,8,9,10). The number of aromatic amines is 1. The first-order valence-corrected chi connectivity index (χ1v) is 3.50. The van der Waals surface area contributed by atoms with Crippen molar-refractivity contribution in [2.75, 3.05) is 5.73 Å². The lowest BCUT2D eigenvalue weighted by atomic mass is 10.2. The zero-order valence-corrected chi connectivity index (χ0v) is 6.53. The maximum absolute atomic E-state index is 5.58. The lowest BCUT2D eigenvalue weighted by Gasteiger charge is -1.88. The van der Waals surface area contributed by atoms with E-state index < -0.39 is 0 Å². The highest BCUT2D eigenvalue weighted by atomic mass is 16.5. The molecule has 0 saturated carbocycles. The smallest absolute Gasteiger partial charge is 0.172 e. The zero-order valence-electron chi connectivity index (χ0n) is 6.53. The first kappa shape index (κ1) is 6.90. The molecule has 0 spiro atoms. The first-order chi connectivity index (χ1) is 5.77. The van der Waals surface area contributed by atoms with E-state index in [1.807, 2.05) is 6.92 Å². The van der Waals surface area contributed by atoms with Gasteiger partial charge in [0.1, 0.15) is 5.82 Å². The fourth-order valence-electron chi connectivity index (χ4n) is 0.983. The van der Waals surface area contributed by atoms with Crippen LogP contribution in [0.3, 0.4) is 0 Å². The van der Waals surface area contributed by atoms with E-state index in [0.717, 1.165) is 11.3 Å². The number of anilines is 1. The van der Waals surface area contributed by atoms with Gasteiger partial charge in [0.15, 0.2) is 5.76 Å². The van der Waals surface area contributed by atoms with Gasteiger partial charge in [-0.25, -0.2) is 0 Å². The number of aryl methyl sites for hydroxylation is 1. The molecule has 2 rings (SSSR count). The van der Waals surface area contributed by atoms with Crippen molar-refractivity contribution in [1.82, 2.24) is 15.4 Å². The van der Waals surface area contributed by atoms with Crippen molar-refractivity contribution in [3.8, 4) is 11.3 Å². The van der Waals surface area contributed by atoms with Crippen LogP contribution >= 0.6 is 0 Å². The second-order valence-electron chi connectivity index (χ2n) is 2.53. The third-order valence-electron chi connectivity index (χ3n) is 1.56. The number of rotatable bonds is 1. The van der Waals surface area contributed by atoms with Crippen molar-refractivity contribution in [3.63, 3.8) is 0 Å². The van der Waals surface area contributed by atoms with E-state index in [2.05, 4.69) is 15.4 Å². The molecule has 62 valence electrons. The van der Waals surface area contributed by atoms with Crippen LogP contribution in [0.15, 0.2) is 16.8 Å². The van der Waals surface area contributed by atoms with Crippen LogP contribution in [0.4, 0.5) is 5.82 Å². The summed E-state index contributed by atoms with van der Waals surface area (Å²) < 4.78 is 5.00. The predicted molar refractivity (Wildman–Crippen MR) is 43.2 cm³/mol. The van der Waals surface area contributed by atoms with E-state index in [0.29, 0.717) is 11.6 Å². The Morgan fingerprint density at radius 1 is 1.58 bits per heavy atom. The molecule has 0 atom stereocenters. The summed E-state index contributed by atoms with van der Waals surface area (Å²) in [5.74, 6) is 1.13. The van der Waals surface area contributed by atoms with Crippen LogP contribution in [0, 0.1) is 6.92 Å². The number of nitrogen functional groups attached to an aromatic ring is 1. The van der Waals surface area contributed by atoms with Gasteiger partial charge >= 0.3 is 0 Å². The molecule has 12 heavy (non-hydrogen) atoms. The summed E-state index contributed by atoms with van der Waals surface area (Å²) in [6.07, 6.45) is 1.61. The van der Waals surface area contributed by atoms with Gasteiger partial charge in [-0.05, 0) is 6.92 Å². The predicted octanol–water partition coefficient (Wildman–Crippen LogP) is 0.955. The molecular weight excluding hydrogens is 156 g/mol. The summed E-state index contributed by atoms with van der Waals surface area (Å²) in [7, 11) is 0. The molecule has 0 aliphatic heterocycles. The zero-order chi connectivity index (χ0) is 8.55. The van der Waals surface area contributed by atoms with Gasteiger partial charge < -0.3 is 10.3 Å². The molecule has 0 saturated heterocycles. The average Bonchev–Trinajstić information content (AvgIpc) is 2.58. The minimum Gasteiger partial charge on any atom is -0.383 e. The minimum atomic E-state index is 0.492. The van der Waals surface area contributed by atoms with Gasteiger partial charge in [0, 0.05) is 6.07 Å². The number of hydrogen-bond acceptors (Lipinski definition) is 4. The lowest BCUT2D eigenvalue weighted by Crippen LogP contribution is -1.86. The Labute approximate surface area is 68.6 Å². The highest BCUT2D eigenvalue weighted by Crippen LogP contribution is 2.23. The molecule has 0 fully saturated rings. The average molecular weight is 164 g/mol. The third kappa shape index (κ3) is 0.952. The molecule has 0 unspecified atom stereocenters. The van der Waals surface area contributed by atoms with Crippen LogP contribution in [0.2, 0.25) is 0 Å². The third-order valence-corrected chi connectivity index (χ3v) is 1.56. The highest BCUT2D eigenvalue weighted by molar-refractivity contribution is 5.68. The number of H-pyrrole nitrogens is 1. The number of hydrogen-bond donors (Lipinski definition) is 2. The molecule has 0 radical (unpaired) electrons. The van der Waals surface area contributed by atoms with Crippen LogP contribution in [0.25, 0.3) is 11.3 Å². The van der Waals surface area contributed by atoms with Crippen molar-refractivity contribution in [3.05, 3.63) is 18.0 Å². The number of nitrogens with one attached hydrogen (secondary N) is 1. The van der Waals surface area contributed by atoms with Crippen molar-refractivity contribution < 1.29 is 4.52 Å². The van der Waals surface area contributed by atoms with Crippen molar-refractivity contribution >= 4 is 5.82 Å². The Bertz CT molecular complexity index is 390. The van der Waals surface area contributed by atoms with E-state index in [9.17, 15) is 0 Å². The molecule has 0 amide bonds. The van der Waals surface area contributed by atoms with Crippen molar-refractivity contribution in [2.45, 2.75) is 6.92 Å². The molecule has 0 aliphatic rings. The van der Waals surface area contributed by atoms with Crippen LogP contribution < -0.4 is 5.73 Å². The maximum Gasteiger partial charge on any atom is 0.172 e. The molecule has 2 heterocycles. The van der Waals surface area contributed by atoms with Gasteiger partial charge in [-0.1, -0.05) is 5.16 Å². The van der Waals surface area contributed by atoms with E-state index in [1.54, 1.807) is 12.3 Å². The molecule has 3 N–H and O–H groups in total. The Morgan fingerprint density at radius 2 is 2.42 bits per heavy atom. The number of nitrogens with zero attached hydrogens (tertiary/aromatic N) is 2. The van der Waals surface area contributed by atoms with E-state index in [-0.39, 0.29) is 0 Å². The molecular formula is C7H8N4O. The van der Waals surface area contributed by atoms with Crippen LogP contribution in [-0.2, 0) is 0 Å². The second kappa shape index (κ2) is 2.37. The van der Waals surface area contributed by atoms with Gasteiger partial charge in [-0.2, -0.15) is 5.10 Å². The van der Waals surface area contributed by atoms with Crippen LogP contribution in [-0.4, -0.2) is 15.4 Å². The van der Waals surface area contributed by atoms with E-state index >= 15 is 0 Å². The number of aromatic nitrogens is 3. The summed E-state index contributed by atoms with van der Waals surface area (Å²) in [6.45, 7) is 1.85. The van der Waals surface area contributed by atoms with Gasteiger partial charge in [0.25, 0.3) is 0 Å².